The van der Waals surface area contributed by atoms with Gasteiger partial charge in [0, 0.05) is 47.9 Å². The average Bonchev–Trinajstić information content (AvgIpc) is 2.71. The van der Waals surface area contributed by atoms with Crippen molar-refractivity contribution < 1.29 is 9.59 Å². The molecule has 0 saturated heterocycles. The minimum atomic E-state index is -0.694. The van der Waals surface area contributed by atoms with Crippen LogP contribution in [0, 0.1) is 0 Å². The molecule has 162 valence electrons. The third-order valence-corrected chi connectivity index (χ3v) is 5.05. The highest BCUT2D eigenvalue weighted by Gasteiger charge is 2.15. The van der Waals surface area contributed by atoms with Crippen LogP contribution in [-0.4, -0.2) is 37.0 Å². The Morgan fingerprint density at radius 3 is 1.20 bits per heavy atom. The molecule has 6 nitrogen and oxygen atoms in total. The molecule has 2 rings (SSSR count). The van der Waals surface area contributed by atoms with Crippen LogP contribution >= 0.6 is 0 Å². The Morgan fingerprint density at radius 1 is 0.667 bits per heavy atom. The molecule has 0 radical (unpaired) electrons. The van der Waals surface area contributed by atoms with Crippen molar-refractivity contribution in [2.24, 2.45) is 0 Å². The summed E-state index contributed by atoms with van der Waals surface area (Å²) in [4.78, 5) is 29.0. The molecule has 0 aromatic heterocycles. The summed E-state index contributed by atoms with van der Waals surface area (Å²) in [6.45, 7) is 14.6. The van der Waals surface area contributed by atoms with Crippen molar-refractivity contribution in [2.45, 2.75) is 53.6 Å². The van der Waals surface area contributed by atoms with Gasteiger partial charge in [-0.2, -0.15) is 0 Å². The van der Waals surface area contributed by atoms with E-state index in [4.69, 9.17) is 0 Å². The fraction of sp³-hybridized carbons (Fsp3) is 0.417. The van der Waals surface area contributed by atoms with Crippen LogP contribution in [0.3, 0.4) is 0 Å². The number of rotatable bonds is 8. The van der Waals surface area contributed by atoms with Gasteiger partial charge >= 0.3 is 11.8 Å². The third kappa shape index (κ3) is 5.99. The second-order valence-electron chi connectivity index (χ2n) is 7.76. The van der Waals surface area contributed by atoms with Gasteiger partial charge in [-0.1, -0.05) is 0 Å². The highest BCUT2D eigenvalue weighted by Crippen LogP contribution is 2.21. The molecule has 0 saturated carbocycles. The SMILES string of the molecule is CCN(c1ccc(NC(=O)C(=O)Nc2ccc(N(CC)C(C)C)cc2)cc1)C(C)C. The quantitative estimate of drug-likeness (QED) is 0.618. The van der Waals surface area contributed by atoms with Crippen LogP contribution in [-0.2, 0) is 9.59 Å². The van der Waals surface area contributed by atoms with Crippen LogP contribution in [0.5, 0.6) is 0 Å². The molecule has 0 unspecified atom stereocenters. The molecule has 0 fully saturated rings. The first-order valence-electron chi connectivity index (χ1n) is 10.6. The molecule has 2 N–H and O–H groups in total. The zero-order valence-electron chi connectivity index (χ0n) is 18.9. The number of hydrogen-bond donors (Lipinski definition) is 2. The molecule has 0 spiro atoms. The molecule has 0 heterocycles. The largest absolute Gasteiger partial charge is 0.369 e. The van der Waals surface area contributed by atoms with Gasteiger partial charge < -0.3 is 20.4 Å². The summed E-state index contributed by atoms with van der Waals surface area (Å²) < 4.78 is 0. The highest BCUT2D eigenvalue weighted by atomic mass is 16.2. The monoisotopic (exact) mass is 410 g/mol. The molecule has 0 atom stereocenters. The predicted octanol–water partition coefficient (Wildman–Crippen LogP) is 4.73. The Bertz CT molecular complexity index is 758. The summed E-state index contributed by atoms with van der Waals surface area (Å²) in [6, 6.07) is 15.8. The lowest BCUT2D eigenvalue weighted by molar-refractivity contribution is -0.132. The van der Waals surface area contributed by atoms with Crippen molar-refractivity contribution in [3.8, 4) is 0 Å². The van der Waals surface area contributed by atoms with Crippen LogP contribution in [0.15, 0.2) is 48.5 Å². The molecule has 2 amide bonds. The predicted molar refractivity (Wildman–Crippen MR) is 126 cm³/mol. The molecule has 2 aromatic rings. The summed E-state index contributed by atoms with van der Waals surface area (Å²) in [6.07, 6.45) is 0. The number of carbonyl (C=O) groups excluding carboxylic acids is 2. The van der Waals surface area contributed by atoms with Crippen LogP contribution in [0.1, 0.15) is 41.5 Å². The van der Waals surface area contributed by atoms with Gasteiger partial charge in [0.2, 0.25) is 0 Å². The van der Waals surface area contributed by atoms with Crippen molar-refractivity contribution in [1.82, 2.24) is 0 Å². The van der Waals surface area contributed by atoms with E-state index in [1.165, 1.54) is 0 Å². The zero-order chi connectivity index (χ0) is 22.3. The maximum atomic E-state index is 12.3. The summed E-state index contributed by atoms with van der Waals surface area (Å²) in [5, 5.41) is 5.30. The van der Waals surface area contributed by atoms with Crippen molar-refractivity contribution >= 4 is 34.6 Å². The fourth-order valence-electron chi connectivity index (χ4n) is 3.54. The van der Waals surface area contributed by atoms with Gasteiger partial charge in [0.1, 0.15) is 0 Å². The number of anilines is 4. The first-order valence-corrected chi connectivity index (χ1v) is 10.6. The van der Waals surface area contributed by atoms with Gasteiger partial charge in [-0.05, 0) is 90.1 Å². The second-order valence-corrected chi connectivity index (χ2v) is 7.76. The molecule has 2 aromatic carbocycles. The second kappa shape index (κ2) is 10.7. The Kier molecular flexibility index (Phi) is 8.27. The van der Waals surface area contributed by atoms with E-state index in [0.717, 1.165) is 24.5 Å². The lowest BCUT2D eigenvalue weighted by Crippen LogP contribution is -2.31. The normalized spacial score (nSPS) is 10.8. The van der Waals surface area contributed by atoms with E-state index >= 15 is 0 Å². The van der Waals surface area contributed by atoms with Crippen LogP contribution < -0.4 is 20.4 Å². The number of carbonyl (C=O) groups is 2. The molecule has 0 aliphatic rings. The van der Waals surface area contributed by atoms with Gasteiger partial charge in [-0.25, -0.2) is 0 Å². The van der Waals surface area contributed by atoms with Gasteiger partial charge in [-0.15, -0.1) is 0 Å². The Balaban J connectivity index is 1.97. The van der Waals surface area contributed by atoms with Crippen LogP contribution in [0.4, 0.5) is 22.7 Å². The van der Waals surface area contributed by atoms with E-state index < -0.39 is 11.8 Å². The van der Waals surface area contributed by atoms with Crippen LogP contribution in [0.2, 0.25) is 0 Å². The van der Waals surface area contributed by atoms with Gasteiger partial charge in [-0.3, -0.25) is 9.59 Å². The molecule has 6 heteroatoms. The number of benzene rings is 2. The maximum absolute atomic E-state index is 12.3. The standard InChI is InChI=1S/C24H34N4O2/c1-7-27(17(3)4)21-13-9-19(10-14-21)25-23(29)24(30)26-20-11-15-22(16-12-20)28(8-2)18(5)6/h9-18H,7-8H2,1-6H3,(H,25,29)(H,26,30). The zero-order valence-corrected chi connectivity index (χ0v) is 18.9. The van der Waals surface area contributed by atoms with Crippen molar-refractivity contribution in [1.29, 1.82) is 0 Å². The number of nitrogens with zero attached hydrogens (tertiary/aromatic N) is 2. The topological polar surface area (TPSA) is 64.7 Å². The molecule has 0 aliphatic heterocycles. The molecule has 30 heavy (non-hydrogen) atoms. The Hall–Kier alpha value is -3.02. The van der Waals surface area contributed by atoms with Gasteiger partial charge in [0.25, 0.3) is 0 Å². The first-order chi connectivity index (χ1) is 14.3. The first kappa shape index (κ1) is 23.3. The maximum Gasteiger partial charge on any atom is 0.314 e. The number of hydrogen-bond acceptors (Lipinski definition) is 4. The summed E-state index contributed by atoms with van der Waals surface area (Å²) in [5.41, 5.74) is 3.34. The van der Waals surface area contributed by atoms with E-state index in [-0.39, 0.29) is 0 Å². The lowest BCUT2D eigenvalue weighted by atomic mass is 10.2. The van der Waals surface area contributed by atoms with E-state index in [1.54, 1.807) is 0 Å². The van der Waals surface area contributed by atoms with Crippen molar-refractivity contribution in [2.75, 3.05) is 33.5 Å². The number of amides is 2. The fourth-order valence-corrected chi connectivity index (χ4v) is 3.54. The smallest absolute Gasteiger partial charge is 0.314 e. The molecular formula is C24H34N4O2. The van der Waals surface area contributed by atoms with E-state index in [0.29, 0.717) is 23.5 Å². The van der Waals surface area contributed by atoms with Gasteiger partial charge in [0.15, 0.2) is 0 Å². The van der Waals surface area contributed by atoms with E-state index in [2.05, 4.69) is 62.0 Å². The van der Waals surface area contributed by atoms with Crippen LogP contribution in [0.25, 0.3) is 0 Å². The molecular weight excluding hydrogens is 376 g/mol. The summed E-state index contributed by atoms with van der Waals surface area (Å²) in [5.74, 6) is -1.39. The third-order valence-electron chi connectivity index (χ3n) is 5.05. The van der Waals surface area contributed by atoms with Gasteiger partial charge in [0.05, 0.1) is 0 Å². The average molecular weight is 411 g/mol. The highest BCUT2D eigenvalue weighted by molar-refractivity contribution is 6.43. The Labute approximate surface area is 180 Å². The molecule has 0 bridgehead atoms. The minimum absolute atomic E-state index is 0.387. The van der Waals surface area contributed by atoms with Crippen molar-refractivity contribution in [3.05, 3.63) is 48.5 Å². The van der Waals surface area contributed by atoms with E-state index in [9.17, 15) is 9.59 Å². The van der Waals surface area contributed by atoms with E-state index in [1.807, 2.05) is 48.5 Å². The summed E-state index contributed by atoms with van der Waals surface area (Å²) >= 11 is 0. The molecule has 0 aliphatic carbocycles. The summed E-state index contributed by atoms with van der Waals surface area (Å²) in [7, 11) is 0. The Morgan fingerprint density at radius 2 is 0.967 bits per heavy atom. The minimum Gasteiger partial charge on any atom is -0.369 e. The van der Waals surface area contributed by atoms with Crippen molar-refractivity contribution in [3.63, 3.8) is 0 Å². The lowest BCUT2D eigenvalue weighted by Gasteiger charge is -2.27. The number of nitrogens with one attached hydrogen (secondary N) is 2.